The lowest BCUT2D eigenvalue weighted by Gasteiger charge is -2.34. The van der Waals surface area contributed by atoms with Crippen molar-refractivity contribution in [1.29, 1.82) is 0 Å². The van der Waals surface area contributed by atoms with Crippen molar-refractivity contribution in [2.24, 2.45) is 5.92 Å². The molecule has 0 unspecified atom stereocenters. The highest BCUT2D eigenvalue weighted by Crippen LogP contribution is 2.31. The Morgan fingerprint density at radius 2 is 1.66 bits per heavy atom. The number of aryl methyl sites for hydroxylation is 2. The predicted octanol–water partition coefficient (Wildman–Crippen LogP) is 3.12. The number of amides is 5. The molecule has 7 heteroatoms. The Hall–Kier alpha value is -2.70. The highest BCUT2D eigenvalue weighted by Gasteiger charge is 2.49. The van der Waals surface area contributed by atoms with Crippen LogP contribution in [-0.4, -0.2) is 46.1 Å². The molecule has 29 heavy (non-hydrogen) atoms. The Morgan fingerprint density at radius 3 is 2.24 bits per heavy atom. The first-order valence-electron chi connectivity index (χ1n) is 10.5. The lowest BCUT2D eigenvalue weighted by Crippen LogP contribution is -2.46. The van der Waals surface area contributed by atoms with Crippen molar-refractivity contribution >= 4 is 29.4 Å². The van der Waals surface area contributed by atoms with Gasteiger partial charge in [0, 0.05) is 11.7 Å². The summed E-state index contributed by atoms with van der Waals surface area (Å²) in [5.74, 6) is -2.05. The van der Waals surface area contributed by atoms with E-state index in [1.54, 1.807) is 0 Å². The summed E-state index contributed by atoms with van der Waals surface area (Å²) < 4.78 is 0. The van der Waals surface area contributed by atoms with E-state index in [-0.39, 0.29) is 12.0 Å². The van der Waals surface area contributed by atoms with Gasteiger partial charge in [0.2, 0.25) is 5.91 Å². The van der Waals surface area contributed by atoms with Gasteiger partial charge in [-0.1, -0.05) is 51.8 Å². The number of urea groups is 1. The number of benzene rings is 1. The van der Waals surface area contributed by atoms with E-state index >= 15 is 0 Å². The van der Waals surface area contributed by atoms with Gasteiger partial charge in [-0.2, -0.15) is 0 Å². The van der Waals surface area contributed by atoms with Crippen LogP contribution in [0.1, 0.15) is 57.6 Å². The first-order chi connectivity index (χ1) is 13.9. The molecule has 5 amide bonds. The molecule has 0 radical (unpaired) electrons. The SMILES string of the molecule is CCc1cccc(CC)c1NC(=O)CN1C(=O)C(=O)N([C@H]2CCCC[C@H]2C)C1=O. The van der Waals surface area contributed by atoms with Gasteiger partial charge in [0.15, 0.2) is 0 Å². The second-order valence-electron chi connectivity index (χ2n) is 7.88. The quantitative estimate of drug-likeness (QED) is 0.588. The summed E-state index contributed by atoms with van der Waals surface area (Å²) in [4.78, 5) is 52.3. The van der Waals surface area contributed by atoms with Gasteiger partial charge in [-0.3, -0.25) is 19.3 Å². The molecule has 7 nitrogen and oxygen atoms in total. The van der Waals surface area contributed by atoms with Crippen LogP contribution in [0.5, 0.6) is 0 Å². The summed E-state index contributed by atoms with van der Waals surface area (Å²) in [5, 5.41) is 2.85. The van der Waals surface area contributed by atoms with E-state index in [0.29, 0.717) is 6.42 Å². The minimum absolute atomic E-state index is 0.154. The third-order valence-electron chi connectivity index (χ3n) is 6.05. The summed E-state index contributed by atoms with van der Waals surface area (Å²) in [6, 6.07) is 4.89. The summed E-state index contributed by atoms with van der Waals surface area (Å²) in [6.45, 7) is 5.54. The van der Waals surface area contributed by atoms with Crippen molar-refractivity contribution in [3.8, 4) is 0 Å². The van der Waals surface area contributed by atoms with E-state index < -0.39 is 30.3 Å². The number of carbonyl (C=O) groups excluding carboxylic acids is 4. The fourth-order valence-electron chi connectivity index (χ4n) is 4.36. The number of rotatable bonds is 6. The van der Waals surface area contributed by atoms with E-state index in [0.717, 1.165) is 58.7 Å². The summed E-state index contributed by atoms with van der Waals surface area (Å²) in [6.07, 6.45) is 5.10. The van der Waals surface area contributed by atoms with Crippen LogP contribution in [-0.2, 0) is 27.2 Å². The maximum Gasteiger partial charge on any atom is 0.334 e. The zero-order valence-electron chi connectivity index (χ0n) is 17.4. The first kappa shape index (κ1) is 21.0. The monoisotopic (exact) mass is 399 g/mol. The molecule has 1 aromatic carbocycles. The number of anilines is 1. The zero-order chi connectivity index (χ0) is 21.1. The largest absolute Gasteiger partial charge is 0.334 e. The highest BCUT2D eigenvalue weighted by molar-refractivity contribution is 6.45. The second kappa shape index (κ2) is 8.76. The van der Waals surface area contributed by atoms with Crippen LogP contribution in [0.4, 0.5) is 10.5 Å². The molecule has 3 rings (SSSR count). The van der Waals surface area contributed by atoms with Gasteiger partial charge in [0.05, 0.1) is 0 Å². The van der Waals surface area contributed by atoms with Crippen molar-refractivity contribution in [3.05, 3.63) is 29.3 Å². The van der Waals surface area contributed by atoms with E-state index in [1.807, 2.05) is 39.0 Å². The van der Waals surface area contributed by atoms with Gasteiger partial charge < -0.3 is 5.32 Å². The van der Waals surface area contributed by atoms with Crippen molar-refractivity contribution in [2.45, 2.75) is 65.3 Å². The van der Waals surface area contributed by atoms with Gasteiger partial charge in [-0.15, -0.1) is 0 Å². The molecule has 1 aromatic rings. The molecular formula is C22H29N3O4. The molecule has 156 valence electrons. The highest BCUT2D eigenvalue weighted by atomic mass is 16.2. The molecule has 0 bridgehead atoms. The van der Waals surface area contributed by atoms with E-state index in [4.69, 9.17) is 0 Å². The van der Waals surface area contributed by atoms with Crippen LogP contribution in [0.2, 0.25) is 0 Å². The van der Waals surface area contributed by atoms with Crippen LogP contribution in [0.3, 0.4) is 0 Å². The predicted molar refractivity (Wildman–Crippen MR) is 109 cm³/mol. The van der Waals surface area contributed by atoms with Gasteiger partial charge in [0.1, 0.15) is 6.54 Å². The summed E-state index contributed by atoms with van der Waals surface area (Å²) >= 11 is 0. The number of hydrogen-bond donors (Lipinski definition) is 1. The Kier molecular flexibility index (Phi) is 6.35. The van der Waals surface area contributed by atoms with Crippen LogP contribution < -0.4 is 5.32 Å². The minimum Gasteiger partial charge on any atom is -0.324 e. The van der Waals surface area contributed by atoms with Gasteiger partial charge in [-0.25, -0.2) is 9.69 Å². The van der Waals surface area contributed by atoms with Gasteiger partial charge in [0.25, 0.3) is 0 Å². The van der Waals surface area contributed by atoms with Gasteiger partial charge in [-0.05, 0) is 42.7 Å². The topological polar surface area (TPSA) is 86.8 Å². The Morgan fingerprint density at radius 1 is 1.03 bits per heavy atom. The fraction of sp³-hybridized carbons (Fsp3) is 0.545. The van der Waals surface area contributed by atoms with Crippen LogP contribution >= 0.6 is 0 Å². The van der Waals surface area contributed by atoms with Crippen molar-refractivity contribution in [3.63, 3.8) is 0 Å². The molecule has 1 aliphatic carbocycles. The van der Waals surface area contributed by atoms with Gasteiger partial charge >= 0.3 is 17.8 Å². The maximum absolute atomic E-state index is 12.8. The van der Waals surface area contributed by atoms with E-state index in [2.05, 4.69) is 5.32 Å². The third-order valence-corrected chi connectivity index (χ3v) is 6.05. The van der Waals surface area contributed by atoms with Crippen LogP contribution in [0.15, 0.2) is 18.2 Å². The normalized spacial score (nSPS) is 22.4. The van der Waals surface area contributed by atoms with Crippen molar-refractivity contribution in [2.75, 3.05) is 11.9 Å². The lowest BCUT2D eigenvalue weighted by atomic mass is 9.85. The fourth-order valence-corrected chi connectivity index (χ4v) is 4.36. The molecule has 0 aromatic heterocycles. The lowest BCUT2D eigenvalue weighted by molar-refractivity contribution is -0.145. The molecule has 1 N–H and O–H groups in total. The van der Waals surface area contributed by atoms with Crippen molar-refractivity contribution < 1.29 is 19.2 Å². The molecule has 2 fully saturated rings. The molecule has 0 spiro atoms. The molecule has 1 saturated carbocycles. The Balaban J connectivity index is 1.75. The molecule has 2 aliphatic rings. The summed E-state index contributed by atoms with van der Waals surface area (Å²) in [7, 11) is 0. The summed E-state index contributed by atoms with van der Waals surface area (Å²) in [5.41, 5.74) is 2.71. The number of para-hydroxylation sites is 1. The average molecular weight is 399 g/mol. The molecule has 2 atom stereocenters. The first-order valence-corrected chi connectivity index (χ1v) is 10.5. The smallest absolute Gasteiger partial charge is 0.324 e. The number of imide groups is 2. The number of nitrogens with zero attached hydrogens (tertiary/aromatic N) is 2. The van der Waals surface area contributed by atoms with E-state index in [1.165, 1.54) is 0 Å². The zero-order valence-corrected chi connectivity index (χ0v) is 17.4. The standard InChI is InChI=1S/C22H29N3O4/c1-4-15-10-8-11-16(5-2)19(15)23-18(26)13-24-20(27)21(28)25(22(24)29)17-12-7-6-9-14(17)3/h8,10-11,14,17H,4-7,9,12-13H2,1-3H3,(H,23,26)/t14-,17+/m1/s1. The third kappa shape index (κ3) is 4.04. The molecule has 1 saturated heterocycles. The minimum atomic E-state index is -0.914. The molecule has 1 aliphatic heterocycles. The van der Waals surface area contributed by atoms with E-state index in [9.17, 15) is 19.2 Å². The van der Waals surface area contributed by atoms with Crippen molar-refractivity contribution in [1.82, 2.24) is 9.80 Å². The number of hydrogen-bond acceptors (Lipinski definition) is 4. The molecular weight excluding hydrogens is 370 g/mol. The second-order valence-corrected chi connectivity index (χ2v) is 7.88. The Bertz CT molecular complexity index is 813. The molecule has 1 heterocycles. The van der Waals surface area contributed by atoms with Crippen LogP contribution in [0, 0.1) is 5.92 Å². The number of nitrogens with one attached hydrogen (secondary N) is 1. The maximum atomic E-state index is 12.8. The van der Waals surface area contributed by atoms with Crippen LogP contribution in [0.25, 0.3) is 0 Å². The number of carbonyl (C=O) groups is 4. The average Bonchev–Trinajstić information content (AvgIpc) is 2.92. The Labute approximate surface area is 171 Å².